The van der Waals surface area contributed by atoms with Gasteiger partial charge in [0.05, 0.1) is 26.5 Å². The van der Waals surface area contributed by atoms with E-state index in [1.807, 2.05) is 24.3 Å². The molecule has 0 aliphatic rings. The van der Waals surface area contributed by atoms with E-state index in [0.29, 0.717) is 37.8 Å². The van der Waals surface area contributed by atoms with Gasteiger partial charge in [-0.1, -0.05) is 42.5 Å². The predicted octanol–water partition coefficient (Wildman–Crippen LogP) is 7.08. The van der Waals surface area contributed by atoms with Gasteiger partial charge in [0.25, 0.3) is 5.56 Å². The Morgan fingerprint density at radius 2 is 1.80 bits per heavy atom. The summed E-state index contributed by atoms with van der Waals surface area (Å²) < 4.78 is 26.3. The summed E-state index contributed by atoms with van der Waals surface area (Å²) in [6, 6.07) is 24.5. The molecule has 6 aromatic rings. The van der Waals surface area contributed by atoms with E-state index in [4.69, 9.17) is 9.15 Å². The van der Waals surface area contributed by atoms with Crippen LogP contribution in [0.3, 0.4) is 0 Å². The Kier molecular flexibility index (Phi) is 6.86. The van der Waals surface area contributed by atoms with Crippen molar-refractivity contribution in [2.75, 3.05) is 0 Å². The molecule has 0 saturated heterocycles. The van der Waals surface area contributed by atoms with Crippen molar-refractivity contribution in [3.05, 3.63) is 133 Å². The molecule has 4 aromatic carbocycles. The highest BCUT2D eigenvalue weighted by Gasteiger charge is 2.21. The van der Waals surface area contributed by atoms with Gasteiger partial charge in [-0.3, -0.25) is 14.9 Å². The number of nitro benzene ring substituents is 1. The molecule has 0 fully saturated rings. The second kappa shape index (κ2) is 10.8. The van der Waals surface area contributed by atoms with Crippen molar-refractivity contribution in [2.24, 2.45) is 5.10 Å². The second-order valence-electron chi connectivity index (χ2n) is 8.99. The molecule has 0 amide bonds. The fourth-order valence-corrected chi connectivity index (χ4v) is 4.88. The minimum atomic E-state index is -0.578. The van der Waals surface area contributed by atoms with E-state index in [9.17, 15) is 19.3 Å². The number of fused-ring (bicyclic) bond motifs is 2. The summed E-state index contributed by atoms with van der Waals surface area (Å²) in [5, 5.41) is 17.5. The minimum absolute atomic E-state index is 0.00368. The van der Waals surface area contributed by atoms with Crippen molar-refractivity contribution in [1.82, 2.24) is 9.66 Å². The molecule has 9 nitrogen and oxygen atoms in total. The van der Waals surface area contributed by atoms with E-state index < -0.39 is 16.3 Å². The maximum Gasteiger partial charge on any atom is 0.312 e. The third-order valence-corrected chi connectivity index (χ3v) is 6.85. The maximum absolute atomic E-state index is 13.5. The molecular formula is C30H18BrFN4O5. The Bertz CT molecular complexity index is 2000. The Balaban J connectivity index is 1.41. The molecule has 202 valence electrons. The van der Waals surface area contributed by atoms with E-state index >= 15 is 0 Å². The van der Waals surface area contributed by atoms with Crippen LogP contribution >= 0.6 is 15.9 Å². The lowest BCUT2D eigenvalue weighted by Gasteiger charge is -2.10. The number of nitrogens with zero attached hydrogens (tertiary/aromatic N) is 4. The lowest BCUT2D eigenvalue weighted by atomic mass is 10.2. The Hall–Kier alpha value is -5.16. The molecule has 0 N–H and O–H groups in total. The zero-order chi connectivity index (χ0) is 28.5. The number of furan rings is 1. The molecule has 0 unspecified atom stereocenters. The number of halogens is 2. The number of ether oxygens (including phenoxy) is 1. The average molecular weight is 613 g/mol. The molecule has 0 radical (unpaired) electrons. The molecule has 0 bridgehead atoms. The first-order valence-corrected chi connectivity index (χ1v) is 13.1. The zero-order valence-electron chi connectivity index (χ0n) is 21.0. The Morgan fingerprint density at radius 3 is 2.59 bits per heavy atom. The highest BCUT2D eigenvalue weighted by Crippen LogP contribution is 2.37. The topological polar surface area (TPSA) is 113 Å². The van der Waals surface area contributed by atoms with Crippen molar-refractivity contribution >= 4 is 49.7 Å². The predicted molar refractivity (Wildman–Crippen MR) is 156 cm³/mol. The fourth-order valence-electron chi connectivity index (χ4n) is 4.30. The third-order valence-electron chi connectivity index (χ3n) is 6.26. The molecule has 0 atom stereocenters. The van der Waals surface area contributed by atoms with Gasteiger partial charge in [0.15, 0.2) is 5.76 Å². The van der Waals surface area contributed by atoms with Gasteiger partial charge in [-0.25, -0.2) is 9.37 Å². The molecule has 6 rings (SSSR count). The number of aromatic nitrogens is 2. The van der Waals surface area contributed by atoms with Crippen LogP contribution in [-0.2, 0) is 6.61 Å². The van der Waals surface area contributed by atoms with Crippen LogP contribution in [0.15, 0.2) is 110 Å². The summed E-state index contributed by atoms with van der Waals surface area (Å²) in [5.41, 5.74) is 1.31. The lowest BCUT2D eigenvalue weighted by Crippen LogP contribution is -2.20. The zero-order valence-corrected chi connectivity index (χ0v) is 22.6. The molecule has 11 heteroatoms. The first-order chi connectivity index (χ1) is 19.9. The average Bonchev–Trinajstić information content (AvgIpc) is 3.41. The van der Waals surface area contributed by atoms with Gasteiger partial charge in [0, 0.05) is 17.0 Å². The molecule has 2 aromatic heterocycles. The van der Waals surface area contributed by atoms with Crippen molar-refractivity contribution in [1.29, 1.82) is 0 Å². The summed E-state index contributed by atoms with van der Waals surface area (Å²) in [7, 11) is 0. The van der Waals surface area contributed by atoms with Gasteiger partial charge in [-0.15, -0.1) is 0 Å². The third kappa shape index (κ3) is 5.22. The highest BCUT2D eigenvalue weighted by molar-refractivity contribution is 9.10. The van der Waals surface area contributed by atoms with Gasteiger partial charge < -0.3 is 9.15 Å². The van der Waals surface area contributed by atoms with Crippen molar-refractivity contribution in [3.8, 4) is 17.3 Å². The maximum atomic E-state index is 13.5. The Morgan fingerprint density at radius 1 is 1.05 bits per heavy atom. The monoisotopic (exact) mass is 612 g/mol. The number of para-hydroxylation sites is 2. The van der Waals surface area contributed by atoms with Gasteiger partial charge in [-0.2, -0.15) is 9.78 Å². The second-order valence-corrected chi connectivity index (χ2v) is 9.84. The molecule has 0 aliphatic carbocycles. The number of hydrogen-bond donors (Lipinski definition) is 0. The van der Waals surface area contributed by atoms with Crippen LogP contribution in [-0.4, -0.2) is 20.8 Å². The summed E-state index contributed by atoms with van der Waals surface area (Å²) in [6.45, 7) is -0.00777. The lowest BCUT2D eigenvalue weighted by molar-refractivity contribution is -0.386. The van der Waals surface area contributed by atoms with Crippen molar-refractivity contribution in [2.45, 2.75) is 6.61 Å². The van der Waals surface area contributed by atoms with Crippen molar-refractivity contribution in [3.63, 3.8) is 0 Å². The van der Waals surface area contributed by atoms with E-state index in [1.165, 1.54) is 36.5 Å². The first kappa shape index (κ1) is 26.1. The number of nitro groups is 1. The summed E-state index contributed by atoms with van der Waals surface area (Å²) in [4.78, 5) is 29.5. The van der Waals surface area contributed by atoms with Crippen molar-refractivity contribution < 1.29 is 18.5 Å². The molecule has 41 heavy (non-hydrogen) atoms. The van der Waals surface area contributed by atoms with Crippen LogP contribution in [0, 0.1) is 15.9 Å². The number of rotatable bonds is 7. The van der Waals surface area contributed by atoms with Crippen LogP contribution in [0.1, 0.15) is 11.1 Å². The summed E-state index contributed by atoms with van der Waals surface area (Å²) in [5.74, 6) is 0.120. The largest absolute Gasteiger partial charge is 0.481 e. The van der Waals surface area contributed by atoms with E-state index in [2.05, 4.69) is 26.0 Å². The smallest absolute Gasteiger partial charge is 0.312 e. The minimum Gasteiger partial charge on any atom is -0.481 e. The van der Waals surface area contributed by atoms with Gasteiger partial charge >= 0.3 is 5.69 Å². The molecule has 0 saturated carbocycles. The standard InChI is InChI=1S/C30H18BrFN4O5/c31-23-13-19(14-25(36(38)39)28(23)40-17-18-9-11-21(32)12-10-18)16-33-35-29(27-15-20-5-1-4-8-26(20)41-27)34-24-7-3-2-6-22(24)30(35)37/h1-16H,17H2. The molecule has 0 aliphatic heterocycles. The first-order valence-electron chi connectivity index (χ1n) is 12.3. The van der Waals surface area contributed by atoms with Crippen LogP contribution < -0.4 is 10.3 Å². The Labute approximate surface area is 239 Å². The molecule has 0 spiro atoms. The fraction of sp³-hybridized carbons (Fsp3) is 0.0333. The van der Waals surface area contributed by atoms with Crippen LogP contribution in [0.25, 0.3) is 33.5 Å². The van der Waals surface area contributed by atoms with E-state index in [1.54, 1.807) is 36.4 Å². The normalized spacial score (nSPS) is 11.5. The van der Waals surface area contributed by atoms with Gasteiger partial charge in [0.2, 0.25) is 11.6 Å². The number of hydrogen-bond acceptors (Lipinski definition) is 7. The molecular weight excluding hydrogens is 595 g/mol. The summed E-state index contributed by atoms with van der Waals surface area (Å²) in [6.07, 6.45) is 1.32. The van der Waals surface area contributed by atoms with E-state index in [0.717, 1.165) is 10.1 Å². The van der Waals surface area contributed by atoms with Gasteiger partial charge in [-0.05, 0) is 64.0 Å². The highest BCUT2D eigenvalue weighted by atomic mass is 79.9. The van der Waals surface area contributed by atoms with Crippen LogP contribution in [0.2, 0.25) is 0 Å². The SMILES string of the molecule is O=c1c2ccccc2nc(-c2cc3ccccc3o2)n1N=Cc1cc(Br)c(OCc2ccc(F)cc2)c([N+](=O)[O-])c1. The molecule has 2 heterocycles. The quantitative estimate of drug-likeness (QED) is 0.108. The number of benzene rings is 4. The van der Waals surface area contributed by atoms with Gasteiger partial charge in [0.1, 0.15) is 18.0 Å². The van der Waals surface area contributed by atoms with Crippen LogP contribution in [0.4, 0.5) is 10.1 Å². The van der Waals surface area contributed by atoms with Crippen LogP contribution in [0.5, 0.6) is 5.75 Å². The van der Waals surface area contributed by atoms with E-state index in [-0.39, 0.29) is 23.9 Å². The summed E-state index contributed by atoms with van der Waals surface area (Å²) >= 11 is 3.35.